The lowest BCUT2D eigenvalue weighted by molar-refractivity contribution is -0.156. The molecule has 0 saturated heterocycles. The van der Waals surface area contributed by atoms with Crippen LogP contribution in [0.25, 0.3) is 6.08 Å². The number of aryl methyl sites for hydroxylation is 1. The Morgan fingerprint density at radius 1 is 1.32 bits per heavy atom. The fourth-order valence-electron chi connectivity index (χ4n) is 9.37. The van der Waals surface area contributed by atoms with Gasteiger partial charge >= 0.3 is 5.97 Å². The Labute approximate surface area is 224 Å². The highest BCUT2D eigenvalue weighted by molar-refractivity contribution is 5.97. The Kier molecular flexibility index (Phi) is 5.95. The summed E-state index contributed by atoms with van der Waals surface area (Å²) in [7, 11) is 0. The number of fused-ring (bicyclic) bond motifs is 8. The molecule has 6 rings (SSSR count). The number of hydrogen-bond acceptors (Lipinski definition) is 7. The van der Waals surface area contributed by atoms with Gasteiger partial charge in [-0.15, -0.1) is 0 Å². The van der Waals surface area contributed by atoms with Crippen molar-refractivity contribution in [3.8, 4) is 0 Å². The average Bonchev–Trinajstić information content (AvgIpc) is 3.47. The molecular formula is C30H41N3O5. The highest BCUT2D eigenvalue weighted by Crippen LogP contribution is 2.69. The standard InChI is InChI=1S/C30H41N3O5/c1-6-7-10-33-23-11-20-8-9-21-22-12-26-30(32-17(2)38-26,25(36)16-37-18(3)34)29(22,5)14-24(35)27(21)28(20,4)13-19(23)15-31-33/h11,15,21-22,24,26-27,35H,6-10,12-14,16H2,1-5H3/t21-,22-,24-,26+,27+,28-,29-,30+/m0/s1. The third kappa shape index (κ3) is 3.37. The molecule has 206 valence electrons. The van der Waals surface area contributed by atoms with Gasteiger partial charge in [0.1, 0.15) is 6.10 Å². The van der Waals surface area contributed by atoms with Gasteiger partial charge in [0.2, 0.25) is 5.78 Å². The Morgan fingerprint density at radius 3 is 2.84 bits per heavy atom. The van der Waals surface area contributed by atoms with E-state index in [0.717, 1.165) is 45.1 Å². The fraction of sp³-hybridized carbons (Fsp3) is 0.733. The van der Waals surface area contributed by atoms with E-state index in [1.54, 1.807) is 6.92 Å². The molecule has 1 N–H and O–H groups in total. The Morgan fingerprint density at radius 2 is 2.11 bits per heavy atom. The lowest BCUT2D eigenvalue weighted by Gasteiger charge is -2.60. The zero-order valence-electron chi connectivity index (χ0n) is 23.3. The average molecular weight is 524 g/mol. The monoisotopic (exact) mass is 523 g/mol. The summed E-state index contributed by atoms with van der Waals surface area (Å²) in [6.45, 7) is 10.4. The lowest BCUT2D eigenvalue weighted by atomic mass is 9.45. The molecule has 3 saturated carbocycles. The van der Waals surface area contributed by atoms with Crippen LogP contribution in [0.3, 0.4) is 0 Å². The summed E-state index contributed by atoms with van der Waals surface area (Å²) in [4.78, 5) is 30.2. The number of ether oxygens (including phenoxy) is 2. The summed E-state index contributed by atoms with van der Waals surface area (Å²) < 4.78 is 13.5. The largest absolute Gasteiger partial charge is 0.475 e. The van der Waals surface area contributed by atoms with Gasteiger partial charge in [-0.2, -0.15) is 5.10 Å². The number of unbranched alkanes of at least 4 members (excludes halogenated alkanes) is 1. The molecule has 8 heteroatoms. The number of aliphatic imine (C=N–C) groups is 1. The van der Waals surface area contributed by atoms with Gasteiger partial charge in [0, 0.05) is 25.8 Å². The van der Waals surface area contributed by atoms with E-state index >= 15 is 0 Å². The first-order valence-corrected chi connectivity index (χ1v) is 14.4. The molecule has 3 fully saturated rings. The number of rotatable bonds is 6. The molecule has 0 amide bonds. The van der Waals surface area contributed by atoms with Gasteiger partial charge in [-0.25, -0.2) is 4.99 Å². The van der Waals surface area contributed by atoms with Crippen molar-refractivity contribution in [1.82, 2.24) is 9.78 Å². The van der Waals surface area contributed by atoms with E-state index in [-0.39, 0.29) is 41.7 Å². The number of aromatic nitrogens is 2. The number of carbonyl (C=O) groups is 2. The van der Waals surface area contributed by atoms with Crippen molar-refractivity contribution in [2.24, 2.45) is 33.6 Å². The Bertz CT molecular complexity index is 1230. The summed E-state index contributed by atoms with van der Waals surface area (Å²) in [5.41, 5.74) is 2.09. The van der Waals surface area contributed by atoms with Gasteiger partial charge in [0.15, 0.2) is 18.0 Å². The number of nitrogens with zero attached hydrogens (tertiary/aromatic N) is 3. The van der Waals surface area contributed by atoms with Gasteiger partial charge in [0.05, 0.1) is 18.0 Å². The maximum absolute atomic E-state index is 13.8. The molecule has 4 aliphatic carbocycles. The van der Waals surface area contributed by atoms with Crippen LogP contribution in [0.15, 0.2) is 16.8 Å². The van der Waals surface area contributed by atoms with Gasteiger partial charge in [-0.1, -0.05) is 32.8 Å². The number of aliphatic hydroxyl groups is 1. The van der Waals surface area contributed by atoms with Crippen LogP contribution in [0.2, 0.25) is 0 Å². The first-order chi connectivity index (χ1) is 18.0. The van der Waals surface area contributed by atoms with E-state index in [4.69, 9.17) is 19.6 Å². The first kappa shape index (κ1) is 25.8. The normalized spacial score (nSPS) is 40.5. The molecule has 1 aromatic heterocycles. The SMILES string of the molecule is CCCCn1ncc2c1C=C1CC[C@@H]3[C@H]([C@@H](O)C[C@@]4(C)[C@H]3C[C@H]3OC(C)=N[C@]34C(=O)COC(C)=O)[C@@]1(C)C2. The number of ketones is 1. The van der Waals surface area contributed by atoms with E-state index in [1.807, 2.05) is 6.20 Å². The van der Waals surface area contributed by atoms with Crippen LogP contribution in [0.1, 0.15) is 84.4 Å². The number of carbonyl (C=O) groups excluding carboxylic acids is 2. The Hall–Kier alpha value is -2.48. The minimum absolute atomic E-state index is 0.0947. The quantitative estimate of drug-likeness (QED) is 0.563. The van der Waals surface area contributed by atoms with Crippen LogP contribution < -0.4 is 0 Å². The van der Waals surface area contributed by atoms with Crippen LogP contribution in [-0.4, -0.2) is 56.9 Å². The van der Waals surface area contributed by atoms with Crippen molar-refractivity contribution in [2.75, 3.05) is 6.61 Å². The van der Waals surface area contributed by atoms with E-state index in [9.17, 15) is 14.7 Å². The second-order valence-corrected chi connectivity index (χ2v) is 12.9. The van der Waals surface area contributed by atoms with Crippen molar-refractivity contribution < 1.29 is 24.2 Å². The molecule has 2 heterocycles. The highest BCUT2D eigenvalue weighted by atomic mass is 16.5. The van der Waals surface area contributed by atoms with Crippen molar-refractivity contribution >= 4 is 23.7 Å². The number of allylic oxidation sites excluding steroid dienone is 1. The summed E-state index contributed by atoms with van der Waals surface area (Å²) in [5, 5.41) is 16.7. The van der Waals surface area contributed by atoms with Crippen molar-refractivity contribution in [2.45, 2.75) is 104 Å². The second kappa shape index (κ2) is 8.77. The maximum Gasteiger partial charge on any atom is 0.303 e. The van der Waals surface area contributed by atoms with Gasteiger partial charge in [0.25, 0.3) is 0 Å². The third-order valence-electron chi connectivity index (χ3n) is 10.9. The molecule has 0 aromatic carbocycles. The van der Waals surface area contributed by atoms with E-state index in [2.05, 4.69) is 31.5 Å². The van der Waals surface area contributed by atoms with Crippen LogP contribution in [0.4, 0.5) is 0 Å². The fourth-order valence-corrected chi connectivity index (χ4v) is 9.37. The lowest BCUT2D eigenvalue weighted by Crippen LogP contribution is -2.62. The summed E-state index contributed by atoms with van der Waals surface area (Å²) >= 11 is 0. The number of aliphatic hydroxyl groups excluding tert-OH is 1. The van der Waals surface area contributed by atoms with Crippen LogP contribution in [0.5, 0.6) is 0 Å². The molecule has 38 heavy (non-hydrogen) atoms. The van der Waals surface area contributed by atoms with E-state index < -0.39 is 23.0 Å². The van der Waals surface area contributed by atoms with Crippen LogP contribution in [-0.2, 0) is 32.0 Å². The zero-order chi connectivity index (χ0) is 27.0. The molecule has 1 aliphatic heterocycles. The van der Waals surface area contributed by atoms with Crippen molar-refractivity contribution in [1.29, 1.82) is 0 Å². The zero-order valence-corrected chi connectivity index (χ0v) is 23.3. The van der Waals surface area contributed by atoms with E-state index in [0.29, 0.717) is 12.3 Å². The molecule has 0 unspecified atom stereocenters. The molecule has 8 nitrogen and oxygen atoms in total. The molecule has 0 spiro atoms. The second-order valence-electron chi connectivity index (χ2n) is 12.9. The summed E-state index contributed by atoms with van der Waals surface area (Å²) in [6, 6.07) is 0. The smallest absolute Gasteiger partial charge is 0.303 e. The number of hydrogen-bond donors (Lipinski definition) is 1. The molecule has 0 bridgehead atoms. The molecule has 8 atom stereocenters. The third-order valence-corrected chi connectivity index (χ3v) is 10.9. The topological polar surface area (TPSA) is 103 Å². The predicted molar refractivity (Wildman–Crippen MR) is 142 cm³/mol. The van der Waals surface area contributed by atoms with Crippen molar-refractivity contribution in [3.63, 3.8) is 0 Å². The summed E-state index contributed by atoms with van der Waals surface area (Å²) in [5.74, 6) is 0.343. The minimum Gasteiger partial charge on any atom is -0.475 e. The number of esters is 1. The highest BCUT2D eigenvalue weighted by Gasteiger charge is 2.74. The van der Waals surface area contributed by atoms with E-state index in [1.165, 1.54) is 23.8 Å². The van der Waals surface area contributed by atoms with Crippen molar-refractivity contribution in [3.05, 3.63) is 23.0 Å². The Balaban J connectivity index is 1.35. The van der Waals surface area contributed by atoms with Crippen LogP contribution >= 0.6 is 0 Å². The van der Waals surface area contributed by atoms with Gasteiger partial charge in [-0.05, 0) is 73.3 Å². The number of Topliss-reactive ketones (excluding diaryl/α,β-unsaturated/α-hetero) is 1. The molecule has 1 aromatic rings. The molecule has 5 aliphatic rings. The van der Waals surface area contributed by atoms with Gasteiger partial charge < -0.3 is 14.6 Å². The van der Waals surface area contributed by atoms with Gasteiger partial charge in [-0.3, -0.25) is 14.3 Å². The first-order valence-electron chi connectivity index (χ1n) is 14.4. The molecule has 0 radical (unpaired) electrons. The summed E-state index contributed by atoms with van der Waals surface area (Å²) in [6.07, 6.45) is 9.74. The maximum atomic E-state index is 13.8. The minimum atomic E-state index is -1.12. The predicted octanol–water partition coefficient (Wildman–Crippen LogP) is 4.13. The molecular weight excluding hydrogens is 482 g/mol. The van der Waals surface area contributed by atoms with Crippen LogP contribution in [0, 0.1) is 28.6 Å².